The fourth-order valence-electron chi connectivity index (χ4n) is 2.52. The van der Waals surface area contributed by atoms with Gasteiger partial charge in [-0.1, -0.05) is 35.4 Å². The summed E-state index contributed by atoms with van der Waals surface area (Å²) < 4.78 is 0. The van der Waals surface area contributed by atoms with E-state index in [-0.39, 0.29) is 10.1 Å². The van der Waals surface area contributed by atoms with Crippen molar-refractivity contribution in [2.24, 2.45) is 0 Å². The third-order valence-electron chi connectivity index (χ3n) is 4.04. The molecule has 2 atom stereocenters. The zero-order chi connectivity index (χ0) is 17.1. The molecule has 0 spiro atoms. The lowest BCUT2D eigenvalue weighted by molar-refractivity contribution is -0.701. The monoisotopic (exact) mass is 320 g/mol. The van der Waals surface area contributed by atoms with Gasteiger partial charge in [-0.15, -0.1) is 0 Å². The third kappa shape index (κ3) is 3.53. The van der Waals surface area contributed by atoms with Crippen molar-refractivity contribution in [3.8, 4) is 0 Å². The minimum absolute atomic E-state index is 0.0377. The van der Waals surface area contributed by atoms with Gasteiger partial charge < -0.3 is 20.5 Å². The Morgan fingerprint density at radius 3 is 0.917 bits per heavy atom. The van der Waals surface area contributed by atoms with Crippen molar-refractivity contribution in [1.29, 1.82) is 0 Å². The zero-order valence-electron chi connectivity index (χ0n) is 13.7. The predicted molar refractivity (Wildman–Crippen MR) is 96.1 cm³/mol. The van der Waals surface area contributed by atoms with Crippen LogP contribution in [0.2, 0.25) is 0 Å². The first-order chi connectivity index (χ1) is 11.5. The van der Waals surface area contributed by atoms with Gasteiger partial charge in [0.2, 0.25) is 0 Å². The van der Waals surface area contributed by atoms with Gasteiger partial charge in [-0.2, -0.15) is 0 Å². The van der Waals surface area contributed by atoms with E-state index < -0.39 is 0 Å². The highest BCUT2D eigenvalue weighted by Crippen LogP contribution is 2.13. The molecule has 2 unspecified atom stereocenters. The van der Waals surface area contributed by atoms with Crippen LogP contribution in [0.15, 0.2) is 72.8 Å². The van der Waals surface area contributed by atoms with E-state index in [0.29, 0.717) is 22.7 Å². The molecule has 24 heavy (non-hydrogen) atoms. The number of benzene rings is 3. The normalized spacial score (nSPS) is 13.5. The van der Waals surface area contributed by atoms with Crippen LogP contribution >= 0.6 is 0 Å². The summed E-state index contributed by atoms with van der Waals surface area (Å²) in [5.74, 6) is 0. The van der Waals surface area contributed by atoms with E-state index in [4.69, 9.17) is 0 Å². The number of aryl methyl sites for hydroxylation is 2. The topological polar surface area (TPSA) is 55.0 Å². The van der Waals surface area contributed by atoms with Crippen molar-refractivity contribution in [1.82, 2.24) is 0 Å². The van der Waals surface area contributed by atoms with Crippen molar-refractivity contribution in [3.05, 3.63) is 94.3 Å². The Kier molecular flexibility index (Phi) is 4.74. The highest BCUT2D eigenvalue weighted by atomic mass is 16.5. The van der Waals surface area contributed by atoms with Crippen LogP contribution < -0.4 is 10.1 Å². The molecule has 0 aromatic heterocycles. The Morgan fingerprint density at radius 2 is 0.667 bits per heavy atom. The summed E-state index contributed by atoms with van der Waals surface area (Å²) in [6, 6.07) is 21.8. The van der Waals surface area contributed by atoms with Crippen LogP contribution in [0.3, 0.4) is 0 Å². The molecule has 3 aromatic carbocycles. The summed E-state index contributed by atoms with van der Waals surface area (Å²) in [6.45, 7) is 3.97. The Hall–Kier alpha value is -2.50. The largest absolute Gasteiger partial charge is 0.623 e. The summed E-state index contributed by atoms with van der Waals surface area (Å²) in [5, 5.41) is 24.8. The minimum atomic E-state index is -0.0377. The highest BCUT2D eigenvalue weighted by Gasteiger charge is 2.10. The average molecular weight is 320 g/mol. The molecule has 0 aliphatic rings. The number of hydrogen-bond donors (Lipinski definition) is 2. The van der Waals surface area contributed by atoms with Gasteiger partial charge in [-0.25, -0.2) is 0 Å². The molecular weight excluding hydrogens is 300 g/mol. The van der Waals surface area contributed by atoms with Crippen LogP contribution in [0.5, 0.6) is 0 Å². The summed E-state index contributed by atoms with van der Waals surface area (Å²) in [7, 11) is 0. The van der Waals surface area contributed by atoms with Gasteiger partial charge in [0.05, 0.1) is 0 Å². The third-order valence-corrected chi connectivity index (χ3v) is 4.04. The summed E-state index contributed by atoms with van der Waals surface area (Å²) in [4.78, 5) is 0. The SMILES string of the molecule is Cc1ccc([NH+]([O-])c2ccc([NH+]([O-])c3ccc(C)cc3)cc2)cc1. The molecule has 0 radical (unpaired) electrons. The fourth-order valence-corrected chi connectivity index (χ4v) is 2.52. The molecule has 3 aromatic rings. The molecule has 122 valence electrons. The molecule has 4 heteroatoms. The Morgan fingerprint density at radius 1 is 0.458 bits per heavy atom. The first-order valence-electron chi connectivity index (χ1n) is 7.87. The maximum Gasteiger partial charge on any atom is 0.136 e. The lowest BCUT2D eigenvalue weighted by Crippen LogP contribution is -2.97. The highest BCUT2D eigenvalue weighted by molar-refractivity contribution is 5.46. The second-order valence-corrected chi connectivity index (χ2v) is 5.97. The van der Waals surface area contributed by atoms with E-state index in [1.54, 1.807) is 24.3 Å². The molecule has 3 rings (SSSR count). The van der Waals surface area contributed by atoms with Gasteiger partial charge in [0.1, 0.15) is 22.7 Å². The molecule has 0 aliphatic carbocycles. The van der Waals surface area contributed by atoms with Crippen LogP contribution in [0.1, 0.15) is 11.1 Å². The predicted octanol–water partition coefficient (Wildman–Crippen LogP) is 3.00. The Balaban J connectivity index is 1.79. The number of hydrogen-bond acceptors (Lipinski definition) is 2. The molecule has 0 amide bonds. The van der Waals surface area contributed by atoms with Crippen molar-refractivity contribution < 1.29 is 10.1 Å². The van der Waals surface area contributed by atoms with Gasteiger partial charge in [0.15, 0.2) is 0 Å². The Labute approximate surface area is 141 Å². The minimum Gasteiger partial charge on any atom is -0.623 e. The molecule has 0 fully saturated rings. The van der Waals surface area contributed by atoms with E-state index in [0.717, 1.165) is 11.1 Å². The van der Waals surface area contributed by atoms with Gasteiger partial charge in [-0.05, 0) is 13.8 Å². The second-order valence-electron chi connectivity index (χ2n) is 5.97. The average Bonchev–Trinajstić information content (AvgIpc) is 2.62. The van der Waals surface area contributed by atoms with Crippen LogP contribution in [0.4, 0.5) is 22.7 Å². The van der Waals surface area contributed by atoms with Crippen molar-refractivity contribution in [3.63, 3.8) is 0 Å². The molecular formula is C20H20N2O2. The number of rotatable bonds is 4. The van der Waals surface area contributed by atoms with Gasteiger partial charge in [0.25, 0.3) is 0 Å². The van der Waals surface area contributed by atoms with Crippen LogP contribution in [-0.2, 0) is 0 Å². The summed E-state index contributed by atoms with van der Waals surface area (Å²) >= 11 is 0. The zero-order valence-corrected chi connectivity index (χ0v) is 13.7. The number of nitrogens with one attached hydrogen (secondary N) is 2. The first-order valence-corrected chi connectivity index (χ1v) is 7.87. The van der Waals surface area contributed by atoms with Gasteiger partial charge >= 0.3 is 0 Å². The maximum atomic E-state index is 12.5. The van der Waals surface area contributed by atoms with E-state index in [9.17, 15) is 10.4 Å². The molecule has 0 heterocycles. The van der Waals surface area contributed by atoms with E-state index in [1.165, 1.54) is 0 Å². The molecule has 2 N–H and O–H groups in total. The van der Waals surface area contributed by atoms with E-state index in [2.05, 4.69) is 0 Å². The maximum absolute atomic E-state index is 12.5. The van der Waals surface area contributed by atoms with Crippen LogP contribution in [0.25, 0.3) is 0 Å². The first kappa shape index (κ1) is 16.4. The van der Waals surface area contributed by atoms with Crippen molar-refractivity contribution in [2.45, 2.75) is 13.8 Å². The summed E-state index contributed by atoms with van der Waals surface area (Å²) in [6.07, 6.45) is 0. The van der Waals surface area contributed by atoms with Crippen molar-refractivity contribution in [2.75, 3.05) is 0 Å². The smallest absolute Gasteiger partial charge is 0.136 e. The van der Waals surface area contributed by atoms with Gasteiger partial charge in [-0.3, -0.25) is 0 Å². The van der Waals surface area contributed by atoms with Crippen LogP contribution in [0, 0.1) is 24.3 Å². The molecule has 0 bridgehead atoms. The van der Waals surface area contributed by atoms with E-state index >= 15 is 0 Å². The quantitative estimate of drug-likeness (QED) is 0.726. The standard InChI is InChI=1S/C20H20N2O2/c1-15-3-7-17(8-4-15)21(23)19-11-13-20(14-12-19)22(24)18-9-5-16(2)6-10-18/h3-14,21-22H,1-2H3. The molecule has 4 nitrogen and oxygen atoms in total. The molecule has 0 saturated heterocycles. The lowest BCUT2D eigenvalue weighted by atomic mass is 10.2. The summed E-state index contributed by atoms with van der Waals surface area (Å²) in [5.41, 5.74) is 4.70. The molecule has 0 saturated carbocycles. The van der Waals surface area contributed by atoms with Crippen LogP contribution in [-0.4, -0.2) is 0 Å². The number of quaternary nitrogens is 2. The van der Waals surface area contributed by atoms with Crippen molar-refractivity contribution >= 4 is 22.7 Å². The molecule has 0 aliphatic heterocycles. The fraction of sp³-hybridized carbons (Fsp3) is 0.100. The Bertz CT molecular complexity index is 726. The second kappa shape index (κ2) is 6.95. The van der Waals surface area contributed by atoms with E-state index in [1.807, 2.05) is 62.4 Å². The van der Waals surface area contributed by atoms with Gasteiger partial charge in [0, 0.05) is 48.5 Å². The lowest BCUT2D eigenvalue weighted by Gasteiger charge is -2.24.